The molecule has 0 saturated heterocycles. The molecule has 2 aromatic rings. The van der Waals surface area contributed by atoms with Crippen molar-refractivity contribution in [2.75, 3.05) is 19.0 Å². The number of hydrogen-bond donors (Lipinski definition) is 2. The van der Waals surface area contributed by atoms with E-state index in [1.54, 1.807) is 12.1 Å². The third-order valence-corrected chi connectivity index (χ3v) is 2.10. The molecule has 1 atom stereocenters. The average molecular weight is 238 g/mol. The Labute approximate surface area is 95.4 Å². The topological polar surface area (TPSA) is 115 Å². The quantitative estimate of drug-likeness (QED) is 0.683. The first kappa shape index (κ1) is 11.2. The Morgan fingerprint density at radius 1 is 1.65 bits per heavy atom. The summed E-state index contributed by atoms with van der Waals surface area (Å²) in [4.78, 5) is 10.7. The highest BCUT2D eigenvalue weighted by Gasteiger charge is 2.15. The summed E-state index contributed by atoms with van der Waals surface area (Å²) in [6, 6.07) is 3.32. The molecule has 17 heavy (non-hydrogen) atoms. The van der Waals surface area contributed by atoms with Gasteiger partial charge in [0.1, 0.15) is 5.82 Å². The van der Waals surface area contributed by atoms with Crippen LogP contribution in [0, 0.1) is 0 Å². The molecular formula is C8H10N6O3. The number of carbonyl (C=O) groups is 1. The van der Waals surface area contributed by atoms with Crippen LogP contribution in [0.15, 0.2) is 12.1 Å². The second-order valence-electron chi connectivity index (χ2n) is 3.19. The minimum atomic E-state index is -1.04. The van der Waals surface area contributed by atoms with Crippen LogP contribution in [-0.2, 0) is 9.53 Å². The normalized spacial score (nSPS) is 12.5. The monoisotopic (exact) mass is 238 g/mol. The Balaban J connectivity index is 2.05. The van der Waals surface area contributed by atoms with Crippen LogP contribution >= 0.6 is 0 Å². The van der Waals surface area contributed by atoms with E-state index in [9.17, 15) is 4.79 Å². The lowest BCUT2D eigenvalue weighted by Crippen LogP contribution is -2.30. The predicted octanol–water partition coefficient (Wildman–Crippen LogP) is -0.969. The van der Waals surface area contributed by atoms with Crippen molar-refractivity contribution >= 4 is 17.4 Å². The van der Waals surface area contributed by atoms with E-state index in [1.807, 2.05) is 0 Å². The standard InChI is InChI=1S/C8H10N6O3/c1-17-5(8(15)16)4-9-6-2-3-7-10-12-13-14(7)11-6/h2-3,5H,4H2,1H3,(H,9,11)(H,15,16). The average Bonchev–Trinajstić information content (AvgIpc) is 2.76. The van der Waals surface area contributed by atoms with Gasteiger partial charge in [-0.2, -0.15) is 0 Å². The second kappa shape index (κ2) is 4.70. The molecule has 2 rings (SSSR count). The smallest absolute Gasteiger partial charge is 0.334 e. The molecule has 0 aromatic carbocycles. The zero-order valence-electron chi connectivity index (χ0n) is 8.94. The highest BCUT2D eigenvalue weighted by atomic mass is 16.5. The van der Waals surface area contributed by atoms with Gasteiger partial charge >= 0.3 is 5.97 Å². The summed E-state index contributed by atoms with van der Waals surface area (Å²) in [6.07, 6.45) is -0.929. The molecule has 1 unspecified atom stereocenters. The number of carboxylic acid groups (broad SMARTS) is 1. The zero-order valence-corrected chi connectivity index (χ0v) is 8.94. The van der Waals surface area contributed by atoms with Crippen LogP contribution in [0.25, 0.3) is 5.65 Å². The SMILES string of the molecule is COC(CNc1ccc2nnnn2n1)C(=O)O. The molecule has 0 spiro atoms. The molecule has 0 aliphatic carbocycles. The van der Waals surface area contributed by atoms with Crippen molar-refractivity contribution in [1.29, 1.82) is 0 Å². The first-order valence-corrected chi connectivity index (χ1v) is 4.75. The van der Waals surface area contributed by atoms with Gasteiger partial charge in [-0.3, -0.25) is 0 Å². The van der Waals surface area contributed by atoms with E-state index >= 15 is 0 Å². The van der Waals surface area contributed by atoms with Gasteiger partial charge < -0.3 is 15.2 Å². The molecule has 2 heterocycles. The molecule has 0 fully saturated rings. The first-order chi connectivity index (χ1) is 8.20. The van der Waals surface area contributed by atoms with Gasteiger partial charge in [-0.15, -0.1) is 14.8 Å². The van der Waals surface area contributed by atoms with Crippen LogP contribution in [0.2, 0.25) is 0 Å². The van der Waals surface area contributed by atoms with Crippen molar-refractivity contribution in [2.24, 2.45) is 0 Å². The minimum absolute atomic E-state index is 0.104. The van der Waals surface area contributed by atoms with Crippen molar-refractivity contribution in [3.63, 3.8) is 0 Å². The number of rotatable bonds is 5. The fraction of sp³-hybridized carbons (Fsp3) is 0.375. The summed E-state index contributed by atoms with van der Waals surface area (Å²) in [6.45, 7) is 0.104. The van der Waals surface area contributed by atoms with Gasteiger partial charge in [0.2, 0.25) is 0 Å². The fourth-order valence-electron chi connectivity index (χ4n) is 1.21. The second-order valence-corrected chi connectivity index (χ2v) is 3.19. The number of methoxy groups -OCH3 is 1. The number of nitrogens with one attached hydrogen (secondary N) is 1. The van der Waals surface area contributed by atoms with Crippen molar-refractivity contribution < 1.29 is 14.6 Å². The first-order valence-electron chi connectivity index (χ1n) is 4.75. The molecule has 0 bridgehead atoms. The maximum Gasteiger partial charge on any atom is 0.334 e. The summed E-state index contributed by atoms with van der Waals surface area (Å²) < 4.78 is 6.01. The van der Waals surface area contributed by atoms with Crippen LogP contribution in [0.3, 0.4) is 0 Å². The highest BCUT2D eigenvalue weighted by molar-refractivity contribution is 5.73. The Morgan fingerprint density at radius 2 is 2.47 bits per heavy atom. The van der Waals surface area contributed by atoms with Gasteiger partial charge in [0.25, 0.3) is 0 Å². The van der Waals surface area contributed by atoms with E-state index in [0.29, 0.717) is 11.5 Å². The molecular weight excluding hydrogens is 228 g/mol. The summed E-state index contributed by atoms with van der Waals surface area (Å²) >= 11 is 0. The number of fused-ring (bicyclic) bond motifs is 1. The summed E-state index contributed by atoms with van der Waals surface area (Å²) in [5.74, 6) is -0.573. The van der Waals surface area contributed by atoms with Gasteiger partial charge in [0.05, 0.1) is 6.54 Å². The molecule has 2 aromatic heterocycles. The molecule has 0 radical (unpaired) electrons. The molecule has 2 N–H and O–H groups in total. The van der Waals surface area contributed by atoms with Gasteiger partial charge in [-0.1, -0.05) is 0 Å². The number of carboxylic acids is 1. The maximum absolute atomic E-state index is 10.7. The lowest BCUT2D eigenvalue weighted by atomic mass is 10.3. The Hall–Kier alpha value is -2.29. The fourth-order valence-corrected chi connectivity index (χ4v) is 1.21. The molecule has 90 valence electrons. The lowest BCUT2D eigenvalue weighted by molar-refractivity contribution is -0.147. The summed E-state index contributed by atoms with van der Waals surface area (Å²) in [7, 11) is 1.33. The zero-order chi connectivity index (χ0) is 12.3. The van der Waals surface area contributed by atoms with E-state index < -0.39 is 12.1 Å². The molecule has 9 nitrogen and oxygen atoms in total. The maximum atomic E-state index is 10.7. The summed E-state index contributed by atoms with van der Waals surface area (Å²) in [5, 5.41) is 26.4. The summed E-state index contributed by atoms with van der Waals surface area (Å²) in [5.41, 5.74) is 0.511. The van der Waals surface area contributed by atoms with E-state index in [2.05, 4.69) is 25.9 Å². The number of nitrogens with zero attached hydrogens (tertiary/aromatic N) is 5. The Kier molecular flexibility index (Phi) is 3.10. The van der Waals surface area contributed by atoms with E-state index in [1.165, 1.54) is 11.7 Å². The van der Waals surface area contributed by atoms with Crippen molar-refractivity contribution in [3.8, 4) is 0 Å². The number of aliphatic carboxylic acids is 1. The van der Waals surface area contributed by atoms with Crippen LogP contribution in [0.1, 0.15) is 0 Å². The molecule has 0 saturated carbocycles. The van der Waals surface area contributed by atoms with Gasteiger partial charge in [0, 0.05) is 7.11 Å². The van der Waals surface area contributed by atoms with Gasteiger partial charge in [-0.05, 0) is 22.6 Å². The number of tetrazole rings is 1. The predicted molar refractivity (Wildman–Crippen MR) is 55.5 cm³/mol. The van der Waals surface area contributed by atoms with Crippen molar-refractivity contribution in [2.45, 2.75) is 6.10 Å². The third kappa shape index (κ3) is 2.45. The van der Waals surface area contributed by atoms with Crippen LogP contribution < -0.4 is 5.32 Å². The number of hydrogen-bond acceptors (Lipinski definition) is 7. The van der Waals surface area contributed by atoms with E-state index in [0.717, 1.165) is 0 Å². The molecule has 0 amide bonds. The minimum Gasteiger partial charge on any atom is -0.479 e. The number of ether oxygens (including phenoxy) is 1. The van der Waals surface area contributed by atoms with Crippen LogP contribution in [-0.4, -0.2) is 56.1 Å². The van der Waals surface area contributed by atoms with E-state index in [-0.39, 0.29) is 6.54 Å². The highest BCUT2D eigenvalue weighted by Crippen LogP contribution is 2.03. The molecule has 0 aliphatic heterocycles. The number of anilines is 1. The molecule has 0 aliphatic rings. The largest absolute Gasteiger partial charge is 0.479 e. The van der Waals surface area contributed by atoms with Crippen molar-refractivity contribution in [1.82, 2.24) is 25.3 Å². The van der Waals surface area contributed by atoms with Gasteiger partial charge in [0.15, 0.2) is 11.8 Å². The van der Waals surface area contributed by atoms with Crippen LogP contribution in [0.5, 0.6) is 0 Å². The lowest BCUT2D eigenvalue weighted by Gasteiger charge is -2.11. The van der Waals surface area contributed by atoms with Crippen molar-refractivity contribution in [3.05, 3.63) is 12.1 Å². The Bertz CT molecular complexity index is 527. The van der Waals surface area contributed by atoms with Crippen LogP contribution in [0.4, 0.5) is 5.82 Å². The third-order valence-electron chi connectivity index (χ3n) is 2.10. The Morgan fingerprint density at radius 3 is 3.18 bits per heavy atom. The van der Waals surface area contributed by atoms with Gasteiger partial charge in [-0.25, -0.2) is 4.79 Å². The molecule has 9 heteroatoms. The number of aromatic nitrogens is 5. The van der Waals surface area contributed by atoms with E-state index in [4.69, 9.17) is 9.84 Å².